The topological polar surface area (TPSA) is 122 Å². The van der Waals surface area contributed by atoms with Crippen LogP contribution in [0.2, 0.25) is 0 Å². The number of urea groups is 1. The standard InChI is InChI=1S/C22H25FN8O2/c1-2-15-13-16(3-4-18(15)23)29-22(32)31-11-9-30(10-12-31)19-20(26-8-7-25-19)33-14-17-5-6-27-21(24)28-17/h3-8,13H,2,9-12,14H2,1H3,(H,29,32)(H2,24,27,28). The van der Waals surface area contributed by atoms with E-state index in [0.717, 1.165) is 0 Å². The Balaban J connectivity index is 1.35. The van der Waals surface area contributed by atoms with Gasteiger partial charge in [-0.15, -0.1) is 0 Å². The Morgan fingerprint density at radius 3 is 2.67 bits per heavy atom. The van der Waals surface area contributed by atoms with Crippen LogP contribution in [-0.4, -0.2) is 57.0 Å². The van der Waals surface area contributed by atoms with Crippen molar-refractivity contribution in [2.45, 2.75) is 20.0 Å². The Labute approximate surface area is 190 Å². The average molecular weight is 452 g/mol. The van der Waals surface area contributed by atoms with Gasteiger partial charge < -0.3 is 25.6 Å². The van der Waals surface area contributed by atoms with Crippen LogP contribution in [0.15, 0.2) is 42.9 Å². The van der Waals surface area contributed by atoms with Crippen LogP contribution in [0, 0.1) is 5.82 Å². The number of piperazine rings is 1. The number of ether oxygens (including phenoxy) is 1. The first-order chi connectivity index (χ1) is 16.0. The maximum absolute atomic E-state index is 13.7. The van der Waals surface area contributed by atoms with Crippen LogP contribution >= 0.6 is 0 Å². The predicted molar refractivity (Wildman–Crippen MR) is 121 cm³/mol. The van der Waals surface area contributed by atoms with E-state index in [2.05, 4.69) is 25.3 Å². The molecule has 1 saturated heterocycles. The summed E-state index contributed by atoms with van der Waals surface area (Å²) in [7, 11) is 0. The molecule has 1 aliphatic heterocycles. The maximum atomic E-state index is 13.7. The van der Waals surface area contributed by atoms with Crippen molar-refractivity contribution in [3.8, 4) is 5.88 Å². The van der Waals surface area contributed by atoms with Crippen molar-refractivity contribution in [1.82, 2.24) is 24.8 Å². The number of halogens is 1. The summed E-state index contributed by atoms with van der Waals surface area (Å²) in [6.45, 7) is 4.16. The molecule has 1 fully saturated rings. The molecule has 0 atom stereocenters. The molecule has 11 heteroatoms. The molecule has 0 radical (unpaired) electrons. The summed E-state index contributed by atoms with van der Waals surface area (Å²) in [5, 5.41) is 2.85. The van der Waals surface area contributed by atoms with E-state index in [1.54, 1.807) is 41.7 Å². The third kappa shape index (κ3) is 5.43. The Morgan fingerprint density at radius 2 is 1.91 bits per heavy atom. The number of rotatable bonds is 6. The van der Waals surface area contributed by atoms with Gasteiger partial charge in [0.1, 0.15) is 12.4 Å². The number of anilines is 3. The SMILES string of the molecule is CCc1cc(NC(=O)N2CCN(c3nccnc3OCc3ccnc(N)n3)CC2)ccc1F. The summed E-state index contributed by atoms with van der Waals surface area (Å²) >= 11 is 0. The minimum Gasteiger partial charge on any atom is -0.469 e. The van der Waals surface area contributed by atoms with E-state index in [-0.39, 0.29) is 24.4 Å². The van der Waals surface area contributed by atoms with E-state index in [9.17, 15) is 9.18 Å². The van der Waals surface area contributed by atoms with Gasteiger partial charge in [-0.1, -0.05) is 6.92 Å². The summed E-state index contributed by atoms with van der Waals surface area (Å²) < 4.78 is 19.5. The number of hydrogen-bond donors (Lipinski definition) is 2. The lowest BCUT2D eigenvalue weighted by Gasteiger charge is -2.35. The third-order valence-electron chi connectivity index (χ3n) is 5.28. The van der Waals surface area contributed by atoms with Gasteiger partial charge in [-0.3, -0.25) is 0 Å². The highest BCUT2D eigenvalue weighted by Gasteiger charge is 2.24. The molecule has 1 aliphatic rings. The van der Waals surface area contributed by atoms with Crippen molar-refractivity contribution in [1.29, 1.82) is 0 Å². The Hall–Kier alpha value is -4.02. The molecule has 3 aromatic rings. The number of nitrogens with one attached hydrogen (secondary N) is 1. The van der Waals surface area contributed by atoms with Gasteiger partial charge in [0.05, 0.1) is 5.69 Å². The minimum absolute atomic E-state index is 0.177. The normalized spacial score (nSPS) is 13.6. The summed E-state index contributed by atoms with van der Waals surface area (Å²) in [6.07, 6.45) is 5.28. The molecular formula is C22H25FN8O2. The summed E-state index contributed by atoms with van der Waals surface area (Å²) in [6, 6.07) is 6.10. The zero-order valence-corrected chi connectivity index (χ0v) is 18.2. The molecule has 1 aromatic carbocycles. The minimum atomic E-state index is -0.269. The van der Waals surface area contributed by atoms with E-state index in [1.807, 2.05) is 11.8 Å². The van der Waals surface area contributed by atoms with Gasteiger partial charge in [-0.2, -0.15) is 0 Å². The molecule has 0 spiro atoms. The summed E-state index contributed by atoms with van der Waals surface area (Å²) in [4.78, 5) is 33.1. The molecule has 33 heavy (non-hydrogen) atoms. The lowest BCUT2D eigenvalue weighted by molar-refractivity contribution is 0.207. The molecule has 2 amide bonds. The fourth-order valence-corrected chi connectivity index (χ4v) is 3.52. The molecule has 0 aliphatic carbocycles. The van der Waals surface area contributed by atoms with Crippen LogP contribution in [-0.2, 0) is 13.0 Å². The number of carbonyl (C=O) groups excluding carboxylic acids is 1. The van der Waals surface area contributed by atoms with E-state index in [1.165, 1.54) is 6.07 Å². The van der Waals surface area contributed by atoms with Crippen LogP contribution in [0.25, 0.3) is 0 Å². The smallest absolute Gasteiger partial charge is 0.321 e. The van der Waals surface area contributed by atoms with Gasteiger partial charge in [0.15, 0.2) is 5.82 Å². The maximum Gasteiger partial charge on any atom is 0.321 e. The largest absolute Gasteiger partial charge is 0.469 e. The second-order valence-electron chi connectivity index (χ2n) is 7.44. The molecule has 172 valence electrons. The number of nitrogens with zero attached hydrogens (tertiary/aromatic N) is 6. The Bertz CT molecular complexity index is 1120. The number of amides is 2. The summed E-state index contributed by atoms with van der Waals surface area (Å²) in [5.41, 5.74) is 7.39. The second kappa shape index (κ2) is 10.1. The first-order valence-electron chi connectivity index (χ1n) is 10.6. The van der Waals surface area contributed by atoms with Crippen molar-refractivity contribution in [3.63, 3.8) is 0 Å². The molecule has 0 bridgehead atoms. The molecule has 3 N–H and O–H groups in total. The molecular weight excluding hydrogens is 427 g/mol. The number of nitrogens with two attached hydrogens (primary N) is 1. The number of aryl methyl sites for hydroxylation is 1. The fourth-order valence-electron chi connectivity index (χ4n) is 3.52. The van der Waals surface area contributed by atoms with Gasteiger partial charge in [0.25, 0.3) is 5.88 Å². The fraction of sp³-hybridized carbons (Fsp3) is 0.318. The van der Waals surface area contributed by atoms with Crippen LogP contribution in [0.1, 0.15) is 18.2 Å². The summed E-state index contributed by atoms with van der Waals surface area (Å²) in [5.74, 6) is 0.891. The number of hydrogen-bond acceptors (Lipinski definition) is 8. The highest BCUT2D eigenvalue weighted by Crippen LogP contribution is 2.25. The van der Waals surface area contributed by atoms with E-state index in [4.69, 9.17) is 10.5 Å². The quantitative estimate of drug-likeness (QED) is 0.585. The monoisotopic (exact) mass is 452 g/mol. The van der Waals surface area contributed by atoms with Crippen LogP contribution in [0.5, 0.6) is 5.88 Å². The zero-order valence-electron chi connectivity index (χ0n) is 18.2. The van der Waals surface area contributed by atoms with Crippen LogP contribution in [0.4, 0.5) is 26.6 Å². The molecule has 0 saturated carbocycles. The Morgan fingerprint density at radius 1 is 1.12 bits per heavy atom. The number of nitrogen functional groups attached to an aromatic ring is 1. The lowest BCUT2D eigenvalue weighted by Crippen LogP contribution is -2.50. The number of carbonyl (C=O) groups is 1. The van der Waals surface area contributed by atoms with Crippen molar-refractivity contribution >= 4 is 23.5 Å². The molecule has 0 unspecified atom stereocenters. The molecule has 4 rings (SSSR count). The van der Waals surface area contributed by atoms with Gasteiger partial charge in [-0.05, 0) is 36.2 Å². The number of aromatic nitrogens is 4. The second-order valence-corrected chi connectivity index (χ2v) is 7.44. The number of benzene rings is 1. The average Bonchev–Trinajstić information content (AvgIpc) is 2.84. The van der Waals surface area contributed by atoms with Crippen molar-refractivity contribution in [3.05, 3.63) is 59.9 Å². The van der Waals surface area contributed by atoms with Crippen LogP contribution < -0.4 is 20.7 Å². The molecule has 2 aromatic heterocycles. The first kappa shape index (κ1) is 22.2. The lowest BCUT2D eigenvalue weighted by atomic mass is 10.1. The van der Waals surface area contributed by atoms with Crippen molar-refractivity contribution < 1.29 is 13.9 Å². The van der Waals surface area contributed by atoms with Crippen molar-refractivity contribution in [2.75, 3.05) is 42.1 Å². The van der Waals surface area contributed by atoms with Gasteiger partial charge in [0.2, 0.25) is 5.95 Å². The zero-order chi connectivity index (χ0) is 23.2. The van der Waals surface area contributed by atoms with Gasteiger partial charge >= 0.3 is 6.03 Å². The third-order valence-corrected chi connectivity index (χ3v) is 5.28. The van der Waals surface area contributed by atoms with Crippen LogP contribution in [0.3, 0.4) is 0 Å². The Kier molecular flexibility index (Phi) is 6.77. The van der Waals surface area contributed by atoms with Gasteiger partial charge in [-0.25, -0.2) is 29.1 Å². The highest BCUT2D eigenvalue weighted by molar-refractivity contribution is 5.89. The predicted octanol–water partition coefficient (Wildman–Crippen LogP) is 2.48. The van der Waals surface area contributed by atoms with E-state index < -0.39 is 0 Å². The molecule has 10 nitrogen and oxygen atoms in total. The van der Waals surface area contributed by atoms with E-state index in [0.29, 0.717) is 61.2 Å². The molecule has 3 heterocycles. The first-order valence-corrected chi connectivity index (χ1v) is 10.6. The highest BCUT2D eigenvalue weighted by atomic mass is 19.1. The van der Waals surface area contributed by atoms with Crippen molar-refractivity contribution in [2.24, 2.45) is 0 Å². The van der Waals surface area contributed by atoms with E-state index >= 15 is 0 Å². The van der Waals surface area contributed by atoms with Gasteiger partial charge in [0, 0.05) is 50.5 Å².